The molecule has 0 saturated carbocycles. The molecule has 0 aromatic heterocycles. The molecule has 0 fully saturated rings. The average Bonchev–Trinajstić information content (AvgIpc) is 2.88. The lowest BCUT2D eigenvalue weighted by atomic mass is 10.2. The van der Waals surface area contributed by atoms with Crippen LogP contribution in [0.2, 0.25) is 0 Å². The van der Waals surface area contributed by atoms with E-state index in [2.05, 4.69) is 31.8 Å². The molecule has 0 aliphatic carbocycles. The predicted octanol–water partition coefficient (Wildman–Crippen LogP) is 4.24. The van der Waals surface area contributed by atoms with Gasteiger partial charge >= 0.3 is 5.97 Å². The van der Waals surface area contributed by atoms with Crippen LogP contribution in [0.25, 0.3) is 0 Å². The molecular weight excluding hydrogens is 532 g/mol. The number of nitro groups is 1. The van der Waals surface area contributed by atoms with Crippen LogP contribution < -0.4 is 15.5 Å². The summed E-state index contributed by atoms with van der Waals surface area (Å²) in [5.41, 5.74) is 3.44. The number of carbonyl (C=O) groups is 3. The van der Waals surface area contributed by atoms with Gasteiger partial charge in [-0.15, -0.1) is 0 Å². The Hall–Kier alpha value is -4.38. The molecule has 36 heavy (non-hydrogen) atoms. The van der Waals surface area contributed by atoms with Gasteiger partial charge in [-0.05, 0) is 70.4 Å². The highest BCUT2D eigenvalue weighted by atomic mass is 79.9. The molecule has 184 valence electrons. The number of benzene rings is 3. The lowest BCUT2D eigenvalue weighted by Crippen LogP contribution is -2.26. The predicted molar refractivity (Wildman–Crippen MR) is 136 cm³/mol. The zero-order valence-corrected chi connectivity index (χ0v) is 20.4. The molecule has 11 heteroatoms. The van der Waals surface area contributed by atoms with Gasteiger partial charge < -0.3 is 10.1 Å². The molecule has 0 unspecified atom stereocenters. The number of nitro benzene ring substituents is 1. The van der Waals surface area contributed by atoms with Gasteiger partial charge in [0.2, 0.25) is 5.91 Å². The molecule has 0 atom stereocenters. The molecule has 3 aromatic rings. The fraction of sp³-hybridized carbons (Fsp3) is 0.120. The van der Waals surface area contributed by atoms with Crippen LogP contribution in [0.15, 0.2) is 82.4 Å². The number of hydrazone groups is 1. The van der Waals surface area contributed by atoms with Gasteiger partial charge in [-0.2, -0.15) is 5.10 Å². The molecule has 0 heterocycles. The second kappa shape index (κ2) is 12.9. The maximum atomic E-state index is 12.2. The van der Waals surface area contributed by atoms with E-state index in [0.717, 1.165) is 6.07 Å². The van der Waals surface area contributed by atoms with Crippen molar-refractivity contribution in [2.75, 3.05) is 6.54 Å². The van der Waals surface area contributed by atoms with E-state index >= 15 is 0 Å². The molecule has 0 spiro atoms. The maximum absolute atomic E-state index is 12.2. The Morgan fingerprint density at radius 3 is 2.50 bits per heavy atom. The molecule has 2 N–H and O–H groups in total. The van der Waals surface area contributed by atoms with E-state index < -0.39 is 10.9 Å². The quantitative estimate of drug-likeness (QED) is 0.0962. The van der Waals surface area contributed by atoms with Gasteiger partial charge in [-0.3, -0.25) is 19.7 Å². The monoisotopic (exact) mass is 552 g/mol. The summed E-state index contributed by atoms with van der Waals surface area (Å²) in [6.45, 7) is 0.341. The van der Waals surface area contributed by atoms with Crippen molar-refractivity contribution in [3.05, 3.63) is 104 Å². The first kappa shape index (κ1) is 26.2. The van der Waals surface area contributed by atoms with Crippen molar-refractivity contribution >= 4 is 45.6 Å². The molecule has 0 aliphatic rings. The van der Waals surface area contributed by atoms with Crippen LogP contribution in [0.1, 0.15) is 39.1 Å². The van der Waals surface area contributed by atoms with E-state index in [0.29, 0.717) is 28.6 Å². The lowest BCUT2D eigenvalue weighted by Gasteiger charge is -2.06. The van der Waals surface area contributed by atoms with Crippen LogP contribution in [-0.4, -0.2) is 35.5 Å². The number of esters is 1. The summed E-state index contributed by atoms with van der Waals surface area (Å²) in [6.07, 6.45) is 2.06. The van der Waals surface area contributed by atoms with Gasteiger partial charge in [0.25, 0.3) is 11.6 Å². The number of nitrogens with zero attached hydrogens (tertiary/aromatic N) is 2. The van der Waals surface area contributed by atoms with Crippen LogP contribution in [0.4, 0.5) is 5.69 Å². The summed E-state index contributed by atoms with van der Waals surface area (Å²) in [7, 11) is 0. The summed E-state index contributed by atoms with van der Waals surface area (Å²) in [6, 6.07) is 18.6. The number of carbonyl (C=O) groups excluding carboxylic acids is 3. The molecule has 0 radical (unpaired) electrons. The third-order valence-electron chi connectivity index (χ3n) is 4.77. The average molecular weight is 553 g/mol. The minimum absolute atomic E-state index is 0.0602. The van der Waals surface area contributed by atoms with E-state index in [9.17, 15) is 24.5 Å². The normalized spacial score (nSPS) is 10.6. The number of nitrogens with one attached hydrogen (secondary N) is 2. The van der Waals surface area contributed by atoms with Crippen LogP contribution in [0.3, 0.4) is 0 Å². The smallest absolute Gasteiger partial charge is 0.343 e. The summed E-state index contributed by atoms with van der Waals surface area (Å²) in [4.78, 5) is 46.5. The van der Waals surface area contributed by atoms with Crippen molar-refractivity contribution < 1.29 is 24.0 Å². The molecule has 2 amide bonds. The molecule has 0 saturated heterocycles. The Morgan fingerprint density at radius 1 is 1.03 bits per heavy atom. The van der Waals surface area contributed by atoms with Crippen molar-refractivity contribution in [3.8, 4) is 5.75 Å². The number of ether oxygens (including phenoxy) is 1. The van der Waals surface area contributed by atoms with E-state index in [4.69, 9.17) is 4.74 Å². The van der Waals surface area contributed by atoms with Gasteiger partial charge in [-0.25, -0.2) is 10.2 Å². The van der Waals surface area contributed by atoms with Crippen LogP contribution in [0.5, 0.6) is 5.75 Å². The highest BCUT2D eigenvalue weighted by Crippen LogP contribution is 2.17. The van der Waals surface area contributed by atoms with Crippen molar-refractivity contribution in [1.82, 2.24) is 10.7 Å². The minimum atomic E-state index is -0.722. The fourth-order valence-electron chi connectivity index (χ4n) is 2.96. The fourth-order valence-corrected chi connectivity index (χ4v) is 3.43. The van der Waals surface area contributed by atoms with Crippen LogP contribution in [-0.2, 0) is 4.79 Å². The zero-order chi connectivity index (χ0) is 25.9. The topological polar surface area (TPSA) is 140 Å². The van der Waals surface area contributed by atoms with Crippen molar-refractivity contribution in [2.45, 2.75) is 12.8 Å². The van der Waals surface area contributed by atoms with E-state index in [1.807, 2.05) is 6.07 Å². The van der Waals surface area contributed by atoms with E-state index in [1.54, 1.807) is 30.3 Å². The third-order valence-corrected chi connectivity index (χ3v) is 5.46. The van der Waals surface area contributed by atoms with Gasteiger partial charge in [-0.1, -0.05) is 18.2 Å². The maximum Gasteiger partial charge on any atom is 0.343 e. The van der Waals surface area contributed by atoms with Crippen molar-refractivity contribution in [3.63, 3.8) is 0 Å². The first-order valence-corrected chi connectivity index (χ1v) is 11.5. The number of halogens is 1. The summed E-state index contributed by atoms with van der Waals surface area (Å²) in [5.74, 6) is -0.999. The highest BCUT2D eigenvalue weighted by Gasteiger charge is 2.13. The molecule has 3 aromatic carbocycles. The molecule has 10 nitrogen and oxygen atoms in total. The van der Waals surface area contributed by atoms with E-state index in [1.165, 1.54) is 36.5 Å². The standard InChI is InChI=1S/C25H21BrN4O6/c26-22-8-2-1-7-21(22)24(32)27-14-4-9-23(31)29-28-16-17-10-12-20(13-11-17)36-25(33)18-5-3-6-19(15-18)30(34)35/h1-3,5-8,10-13,15-16H,4,9,14H2,(H,27,32)(H,29,31)/b28-16-. The second-order valence-corrected chi connectivity index (χ2v) is 8.25. The Bertz CT molecular complexity index is 1290. The van der Waals surface area contributed by atoms with Gasteiger partial charge in [0.15, 0.2) is 0 Å². The number of amides is 2. The first-order chi connectivity index (χ1) is 17.3. The Balaban J connectivity index is 1.39. The zero-order valence-electron chi connectivity index (χ0n) is 18.8. The van der Waals surface area contributed by atoms with Crippen LogP contribution in [0, 0.1) is 10.1 Å². The second-order valence-electron chi connectivity index (χ2n) is 7.40. The summed E-state index contributed by atoms with van der Waals surface area (Å²) >= 11 is 3.32. The van der Waals surface area contributed by atoms with Crippen LogP contribution >= 0.6 is 15.9 Å². The van der Waals surface area contributed by atoms with Gasteiger partial charge in [0, 0.05) is 29.6 Å². The minimum Gasteiger partial charge on any atom is -0.423 e. The van der Waals surface area contributed by atoms with Crippen molar-refractivity contribution in [1.29, 1.82) is 0 Å². The molecule has 0 aliphatic heterocycles. The Labute approximate surface area is 214 Å². The van der Waals surface area contributed by atoms with Gasteiger partial charge in [0.1, 0.15) is 5.75 Å². The number of non-ortho nitro benzene ring substituents is 1. The van der Waals surface area contributed by atoms with E-state index in [-0.39, 0.29) is 35.2 Å². The molecule has 3 rings (SSSR count). The highest BCUT2D eigenvalue weighted by molar-refractivity contribution is 9.10. The molecule has 0 bridgehead atoms. The van der Waals surface area contributed by atoms with Gasteiger partial charge in [0.05, 0.1) is 22.3 Å². The largest absolute Gasteiger partial charge is 0.423 e. The SMILES string of the molecule is O=C(CCCNC(=O)c1ccccc1Br)N/N=C\c1ccc(OC(=O)c2cccc([N+](=O)[O-])c2)cc1. The van der Waals surface area contributed by atoms with Crippen molar-refractivity contribution in [2.24, 2.45) is 5.10 Å². The summed E-state index contributed by atoms with van der Waals surface area (Å²) < 4.78 is 5.93. The third kappa shape index (κ3) is 7.84. The Morgan fingerprint density at radius 2 is 1.78 bits per heavy atom. The number of hydrogen-bond donors (Lipinski definition) is 2. The number of rotatable bonds is 10. The summed E-state index contributed by atoms with van der Waals surface area (Å²) in [5, 5.41) is 17.5. The first-order valence-electron chi connectivity index (χ1n) is 10.7. The molecular formula is C25H21BrN4O6. The Kier molecular flexibility index (Phi) is 9.40. The number of hydrogen-bond acceptors (Lipinski definition) is 7. The lowest BCUT2D eigenvalue weighted by molar-refractivity contribution is -0.384.